The van der Waals surface area contributed by atoms with Crippen LogP contribution in [0.2, 0.25) is 0 Å². The maximum Gasteiger partial charge on any atom is 0.337 e. The lowest BCUT2D eigenvalue weighted by molar-refractivity contribution is -0.155. The fourth-order valence-corrected chi connectivity index (χ4v) is 5.72. The Labute approximate surface area is 249 Å². The van der Waals surface area contributed by atoms with Crippen LogP contribution in [0.3, 0.4) is 0 Å². The summed E-state index contributed by atoms with van der Waals surface area (Å²) in [6, 6.07) is 18.0. The van der Waals surface area contributed by atoms with Crippen LogP contribution >= 0.6 is 0 Å². The van der Waals surface area contributed by atoms with Gasteiger partial charge in [0.1, 0.15) is 22.8 Å². The number of esters is 1. The van der Waals surface area contributed by atoms with Crippen molar-refractivity contribution in [2.24, 2.45) is 0 Å². The van der Waals surface area contributed by atoms with Crippen molar-refractivity contribution in [3.63, 3.8) is 0 Å². The normalized spacial score (nSPS) is 15.7. The quantitative estimate of drug-likeness (QED) is 0.212. The highest BCUT2D eigenvalue weighted by molar-refractivity contribution is 5.94. The molecule has 2 aliphatic heterocycles. The number of methoxy groups -OCH3 is 2. The second-order valence-electron chi connectivity index (χ2n) is 10.4. The first-order valence-corrected chi connectivity index (χ1v) is 13.7. The summed E-state index contributed by atoms with van der Waals surface area (Å²) in [6.45, 7) is 0. The van der Waals surface area contributed by atoms with E-state index in [1.54, 1.807) is 42.5 Å². The Morgan fingerprint density at radius 3 is 2.39 bits per heavy atom. The predicted molar refractivity (Wildman–Crippen MR) is 159 cm³/mol. The minimum absolute atomic E-state index is 0.0572. The minimum atomic E-state index is -1.03. The highest BCUT2D eigenvalue weighted by atomic mass is 16.7. The zero-order valence-electron chi connectivity index (χ0n) is 23.5. The number of hydrogen-bond donors (Lipinski definition) is 1. The molecule has 0 aliphatic carbocycles. The molecule has 7 rings (SSSR count). The largest absolute Gasteiger partial charge is 0.508 e. The lowest BCUT2D eigenvalue weighted by Gasteiger charge is -2.32. The van der Waals surface area contributed by atoms with E-state index in [-0.39, 0.29) is 12.2 Å². The molecule has 220 valence electrons. The number of aromatic hydroxyl groups is 1. The first kappa shape index (κ1) is 27.1. The van der Waals surface area contributed by atoms with Crippen LogP contribution in [0.4, 0.5) is 0 Å². The molecule has 1 atom stereocenters. The Balaban J connectivity index is 1.28. The molecule has 0 fully saturated rings. The van der Waals surface area contributed by atoms with Gasteiger partial charge in [0.2, 0.25) is 0 Å². The van der Waals surface area contributed by atoms with E-state index in [4.69, 9.17) is 27.8 Å². The fraction of sp³-hybridized carbons (Fsp3) is 0.147. The Hall–Kier alpha value is -5.77. The number of carbonyl (C=O) groups is 1. The number of carbonyl (C=O) groups excluding carboxylic acids is 1. The van der Waals surface area contributed by atoms with E-state index >= 15 is 0 Å². The monoisotopic (exact) mass is 592 g/mol. The van der Waals surface area contributed by atoms with Crippen molar-refractivity contribution in [3.05, 3.63) is 127 Å². The molecule has 4 heterocycles. The molecule has 2 aromatic heterocycles. The Bertz CT molecular complexity index is 2180. The molecule has 44 heavy (non-hydrogen) atoms. The zero-order valence-corrected chi connectivity index (χ0v) is 23.5. The number of benzene rings is 3. The van der Waals surface area contributed by atoms with Gasteiger partial charge in [0.25, 0.3) is 6.29 Å². The van der Waals surface area contributed by atoms with Crippen LogP contribution in [0.5, 0.6) is 17.2 Å². The van der Waals surface area contributed by atoms with Crippen molar-refractivity contribution in [2.45, 2.75) is 19.1 Å². The van der Waals surface area contributed by atoms with Crippen molar-refractivity contribution in [3.8, 4) is 17.2 Å². The Morgan fingerprint density at radius 1 is 0.795 bits per heavy atom. The first-order chi connectivity index (χ1) is 21.3. The minimum Gasteiger partial charge on any atom is -0.508 e. The third-order valence-electron chi connectivity index (χ3n) is 7.68. The summed E-state index contributed by atoms with van der Waals surface area (Å²) >= 11 is 0. The van der Waals surface area contributed by atoms with Gasteiger partial charge in [-0.3, -0.25) is 0 Å². The summed E-state index contributed by atoms with van der Waals surface area (Å²) in [7, 11) is 3.00. The average Bonchev–Trinajstić information content (AvgIpc) is 3.00. The highest BCUT2D eigenvalue weighted by Gasteiger charge is 2.36. The summed E-state index contributed by atoms with van der Waals surface area (Å²) < 4.78 is 33.6. The zero-order chi connectivity index (χ0) is 30.5. The molecule has 2 aliphatic rings. The highest BCUT2D eigenvalue weighted by Crippen LogP contribution is 2.41. The molecule has 3 aromatic carbocycles. The van der Waals surface area contributed by atoms with Gasteiger partial charge in [-0.25, -0.2) is 14.4 Å². The van der Waals surface area contributed by atoms with Crippen molar-refractivity contribution in [1.29, 1.82) is 0 Å². The van der Waals surface area contributed by atoms with Crippen LogP contribution in [-0.2, 0) is 27.1 Å². The van der Waals surface area contributed by atoms with Gasteiger partial charge in [0.05, 0.1) is 25.4 Å². The Morgan fingerprint density at radius 2 is 1.59 bits per heavy atom. The number of ether oxygens (including phenoxy) is 4. The van der Waals surface area contributed by atoms with Gasteiger partial charge in [0.15, 0.2) is 11.3 Å². The number of para-hydroxylation sites is 1. The molecule has 1 N–H and O–H groups in total. The molecule has 0 bridgehead atoms. The fourth-order valence-electron chi connectivity index (χ4n) is 5.72. The van der Waals surface area contributed by atoms with E-state index in [0.717, 1.165) is 5.56 Å². The van der Waals surface area contributed by atoms with Crippen LogP contribution in [0, 0.1) is 0 Å². The van der Waals surface area contributed by atoms with Crippen LogP contribution < -0.4 is 20.7 Å². The predicted octanol–water partition coefficient (Wildman–Crippen LogP) is 5.01. The summed E-state index contributed by atoms with van der Waals surface area (Å²) in [4.78, 5) is 37.7. The topological polar surface area (TPSA) is 135 Å². The molecule has 0 amide bonds. The Kier molecular flexibility index (Phi) is 6.46. The van der Waals surface area contributed by atoms with Crippen LogP contribution in [0.1, 0.15) is 22.3 Å². The summed E-state index contributed by atoms with van der Waals surface area (Å²) in [5.74, 6) is 0.786. The summed E-state index contributed by atoms with van der Waals surface area (Å²) in [5.41, 5.74) is 3.12. The van der Waals surface area contributed by atoms with Crippen LogP contribution in [0.25, 0.3) is 27.7 Å². The standard InChI is InChI=1S/C34H24O10/c1-39-28-5-3-4-22-19(15-30(37)43-32(22)28)12-20-13-25-31(40-2)24-11-17(6-8-27(24)42-34(25)44-33(20)38)10-18-14-29(36)41-26-9-7-21(35)16-23(18)26/h3-9,11,13-16,34-35H,10,12H2,1-2H3. The van der Waals surface area contributed by atoms with E-state index in [0.29, 0.717) is 73.5 Å². The molecule has 10 heteroatoms. The van der Waals surface area contributed by atoms with E-state index < -0.39 is 23.5 Å². The van der Waals surface area contributed by atoms with Crippen molar-refractivity contribution < 1.29 is 37.7 Å². The second kappa shape index (κ2) is 10.5. The lowest BCUT2D eigenvalue weighted by Crippen LogP contribution is -2.34. The van der Waals surface area contributed by atoms with Crippen molar-refractivity contribution in [1.82, 2.24) is 0 Å². The number of phenolic OH excluding ortho intramolecular Hbond substituents is 1. The number of hydrogen-bond acceptors (Lipinski definition) is 10. The summed E-state index contributed by atoms with van der Waals surface area (Å²) in [6.07, 6.45) is 1.09. The van der Waals surface area contributed by atoms with E-state index in [1.165, 1.54) is 32.4 Å². The third-order valence-corrected chi connectivity index (χ3v) is 7.68. The molecular formula is C34H24O10. The van der Waals surface area contributed by atoms with Gasteiger partial charge >= 0.3 is 17.2 Å². The van der Waals surface area contributed by atoms with Gasteiger partial charge in [0, 0.05) is 34.9 Å². The number of fused-ring (bicyclic) bond motifs is 4. The third kappa shape index (κ3) is 4.66. The van der Waals surface area contributed by atoms with Crippen molar-refractivity contribution in [2.75, 3.05) is 14.2 Å². The van der Waals surface area contributed by atoms with E-state index in [2.05, 4.69) is 0 Å². The molecule has 5 aromatic rings. The first-order valence-electron chi connectivity index (χ1n) is 13.7. The van der Waals surface area contributed by atoms with Gasteiger partial charge in [-0.15, -0.1) is 0 Å². The molecule has 0 saturated carbocycles. The molecule has 0 spiro atoms. The molecule has 0 saturated heterocycles. The average molecular weight is 593 g/mol. The molecule has 10 nitrogen and oxygen atoms in total. The lowest BCUT2D eigenvalue weighted by atomic mass is 9.94. The molecule has 1 unspecified atom stereocenters. The number of rotatable bonds is 6. The van der Waals surface area contributed by atoms with Gasteiger partial charge < -0.3 is 32.9 Å². The van der Waals surface area contributed by atoms with Gasteiger partial charge in [-0.1, -0.05) is 18.2 Å². The summed E-state index contributed by atoms with van der Waals surface area (Å²) in [5, 5.41) is 11.3. The van der Waals surface area contributed by atoms with Crippen LogP contribution in [-0.4, -0.2) is 31.6 Å². The van der Waals surface area contributed by atoms with Gasteiger partial charge in [-0.05, 0) is 65.6 Å². The smallest absolute Gasteiger partial charge is 0.337 e. The molecular weight excluding hydrogens is 568 g/mol. The second-order valence-corrected chi connectivity index (χ2v) is 10.4. The van der Waals surface area contributed by atoms with Crippen LogP contribution in [0.15, 0.2) is 102 Å². The van der Waals surface area contributed by atoms with E-state index in [9.17, 15) is 19.5 Å². The SMILES string of the molecule is COC1=C2C=C(Cc3cc(=O)oc4c(OC)cccc34)C(=O)OC2Oc2ccc(Cc3cc(=O)oc4ccc(O)cc34)cc21. The van der Waals surface area contributed by atoms with Crippen molar-refractivity contribution >= 4 is 33.7 Å². The van der Waals surface area contributed by atoms with E-state index in [1.807, 2.05) is 12.1 Å². The maximum atomic E-state index is 13.1. The molecule has 0 radical (unpaired) electrons. The van der Waals surface area contributed by atoms with Gasteiger partial charge in [-0.2, -0.15) is 0 Å². The number of phenols is 1. The maximum absolute atomic E-state index is 13.1.